The van der Waals surface area contributed by atoms with Gasteiger partial charge in [-0.3, -0.25) is 0 Å². The quantitative estimate of drug-likeness (QED) is 0.135. The molecule has 0 aliphatic heterocycles. The molecule has 1 fully saturated rings. The Bertz CT molecular complexity index is 1840. The van der Waals surface area contributed by atoms with E-state index in [2.05, 4.69) is 73.2 Å². The molecule has 0 unspecified atom stereocenters. The molecule has 7 rings (SSSR count). The maximum absolute atomic E-state index is 7.23. The minimum atomic E-state index is -2.09. The third-order valence-electron chi connectivity index (χ3n) is 7.14. The van der Waals surface area contributed by atoms with Crippen LogP contribution >= 0.6 is 0 Å². The Morgan fingerprint density at radius 1 is 0.850 bits per heavy atom. The van der Waals surface area contributed by atoms with E-state index in [1.165, 1.54) is 35.2 Å². The Hall–Kier alpha value is -3.37. The predicted octanol–water partition coefficient (Wildman–Crippen LogP) is 8.73. The standard InChI is InChI=1S/C23H22NOSi.C12H10N.Ir/c1-26(2,3)17-10-11-18-19-5-4-6-20(23(19)25-22(18)13-17)21-12-9-16(14-24-21)15-7-8-15;1-10-7-8-12(13-9-10)11-5-3-2-4-6-11;/h4-5,9-15H,7-8H2,1-3H3;2-5,7-9H,1H3;/q2*-1;/i;1D3;. The van der Waals surface area contributed by atoms with Crippen LogP contribution in [0.15, 0.2) is 95.7 Å². The molecule has 3 aromatic heterocycles. The van der Waals surface area contributed by atoms with Crippen molar-refractivity contribution < 1.29 is 28.6 Å². The van der Waals surface area contributed by atoms with Gasteiger partial charge in [-0.05, 0) is 54.2 Å². The van der Waals surface area contributed by atoms with Crippen LogP contribution in [0.4, 0.5) is 0 Å². The van der Waals surface area contributed by atoms with E-state index in [9.17, 15) is 0 Å². The molecule has 3 nitrogen and oxygen atoms in total. The number of aryl methyl sites for hydroxylation is 1. The molecule has 0 saturated heterocycles. The van der Waals surface area contributed by atoms with Gasteiger partial charge in [0.25, 0.3) is 0 Å². The van der Waals surface area contributed by atoms with E-state index in [0.717, 1.165) is 45.0 Å². The summed E-state index contributed by atoms with van der Waals surface area (Å²) >= 11 is 0. The van der Waals surface area contributed by atoms with E-state index in [-0.39, 0.29) is 25.7 Å². The molecule has 1 aliphatic carbocycles. The van der Waals surface area contributed by atoms with Gasteiger partial charge in [-0.15, -0.1) is 54.1 Å². The van der Waals surface area contributed by atoms with Crippen LogP contribution in [0.3, 0.4) is 0 Å². The molecule has 3 heterocycles. The molecule has 0 atom stereocenters. The molecule has 40 heavy (non-hydrogen) atoms. The Morgan fingerprint density at radius 3 is 2.33 bits per heavy atom. The third kappa shape index (κ3) is 6.02. The first kappa shape index (κ1) is 24.4. The van der Waals surface area contributed by atoms with Gasteiger partial charge in [0.1, 0.15) is 5.58 Å². The number of nitrogens with zero attached hydrogens (tertiary/aromatic N) is 2. The van der Waals surface area contributed by atoms with Crippen molar-refractivity contribution in [1.82, 2.24) is 9.97 Å². The van der Waals surface area contributed by atoms with Crippen molar-refractivity contribution in [3.05, 3.63) is 115 Å². The number of furan rings is 1. The maximum atomic E-state index is 7.23. The van der Waals surface area contributed by atoms with Crippen LogP contribution in [-0.4, -0.2) is 18.0 Å². The zero-order valence-electron chi connectivity index (χ0n) is 25.8. The molecule has 0 bridgehead atoms. The van der Waals surface area contributed by atoms with Crippen molar-refractivity contribution in [2.24, 2.45) is 0 Å². The van der Waals surface area contributed by atoms with Crippen LogP contribution in [0.1, 0.15) is 34.0 Å². The van der Waals surface area contributed by atoms with E-state index in [1.807, 2.05) is 30.5 Å². The van der Waals surface area contributed by atoms with Crippen LogP contribution < -0.4 is 5.19 Å². The minimum Gasteiger partial charge on any atom is -0.501 e. The molecule has 1 saturated carbocycles. The van der Waals surface area contributed by atoms with Gasteiger partial charge in [0.2, 0.25) is 0 Å². The molecule has 6 aromatic rings. The summed E-state index contributed by atoms with van der Waals surface area (Å²) in [5, 5.41) is 3.73. The number of hydrogen-bond donors (Lipinski definition) is 0. The Kier molecular flexibility index (Phi) is 7.10. The van der Waals surface area contributed by atoms with Crippen LogP contribution in [0, 0.1) is 19.0 Å². The summed E-state index contributed by atoms with van der Waals surface area (Å²) in [4.78, 5) is 8.83. The summed E-state index contributed by atoms with van der Waals surface area (Å²) in [5.41, 5.74) is 6.95. The number of hydrogen-bond acceptors (Lipinski definition) is 3. The van der Waals surface area contributed by atoms with Crippen LogP contribution in [0.5, 0.6) is 0 Å². The van der Waals surface area contributed by atoms with Crippen LogP contribution in [0.25, 0.3) is 44.5 Å². The molecule has 1 aliphatic rings. The fourth-order valence-corrected chi connectivity index (χ4v) is 5.86. The van der Waals surface area contributed by atoms with Gasteiger partial charge < -0.3 is 14.4 Å². The molecule has 0 spiro atoms. The van der Waals surface area contributed by atoms with E-state index in [4.69, 9.17) is 13.5 Å². The average molecular weight is 720 g/mol. The van der Waals surface area contributed by atoms with Gasteiger partial charge in [0.15, 0.2) is 0 Å². The summed E-state index contributed by atoms with van der Waals surface area (Å²) in [5.74, 6) is 0.725. The second-order valence-corrected chi connectivity index (χ2v) is 16.2. The van der Waals surface area contributed by atoms with Crippen molar-refractivity contribution in [3.63, 3.8) is 0 Å². The van der Waals surface area contributed by atoms with Crippen molar-refractivity contribution >= 4 is 35.2 Å². The first-order valence-electron chi connectivity index (χ1n) is 14.9. The zero-order valence-corrected chi connectivity index (χ0v) is 26.2. The Balaban J connectivity index is 0.000000188. The predicted molar refractivity (Wildman–Crippen MR) is 164 cm³/mol. The molecular formula is C35H32IrN2OSi-2. The van der Waals surface area contributed by atoms with E-state index in [0.29, 0.717) is 0 Å². The van der Waals surface area contributed by atoms with Gasteiger partial charge in [0, 0.05) is 42.0 Å². The van der Waals surface area contributed by atoms with Gasteiger partial charge in [-0.2, -0.15) is 0 Å². The fourth-order valence-electron chi connectivity index (χ4n) is 4.72. The normalized spacial score (nSPS) is 14.4. The maximum Gasteiger partial charge on any atom is 0.120 e. The molecule has 1 radical (unpaired) electrons. The first-order valence-corrected chi connectivity index (χ1v) is 16.9. The molecule has 0 amide bonds. The third-order valence-corrected chi connectivity index (χ3v) is 9.18. The topological polar surface area (TPSA) is 38.9 Å². The summed E-state index contributed by atoms with van der Waals surface area (Å²) < 4.78 is 28.0. The second-order valence-electron chi connectivity index (χ2n) is 11.1. The average Bonchev–Trinajstić information content (AvgIpc) is 3.77. The van der Waals surface area contributed by atoms with E-state index >= 15 is 0 Å². The minimum absolute atomic E-state index is 0. The number of benzene rings is 3. The first-order chi connectivity index (χ1) is 20.1. The monoisotopic (exact) mass is 720 g/mol. The summed E-state index contributed by atoms with van der Waals surface area (Å²) in [6.07, 6.45) is 6.01. The van der Waals surface area contributed by atoms with Gasteiger partial charge in [-0.25, -0.2) is 0 Å². The van der Waals surface area contributed by atoms with Crippen LogP contribution in [-0.2, 0) is 20.1 Å². The Morgan fingerprint density at radius 2 is 1.68 bits per heavy atom. The Labute approximate surface area is 255 Å². The second kappa shape index (κ2) is 11.6. The van der Waals surface area contributed by atoms with Gasteiger partial charge in [0.05, 0.1) is 13.7 Å². The van der Waals surface area contributed by atoms with Crippen molar-refractivity contribution in [3.8, 4) is 22.5 Å². The summed E-state index contributed by atoms with van der Waals surface area (Å²) in [6.45, 7) is 5.00. The molecule has 3 aromatic carbocycles. The van der Waals surface area contributed by atoms with Gasteiger partial charge in [-0.1, -0.05) is 72.2 Å². The molecular weight excluding hydrogens is 685 g/mol. The molecule has 0 N–H and O–H groups in total. The number of aromatic nitrogens is 2. The zero-order chi connectivity index (χ0) is 29.5. The molecule has 203 valence electrons. The largest absolute Gasteiger partial charge is 0.501 e. The summed E-state index contributed by atoms with van der Waals surface area (Å²) in [6, 6.07) is 32.2. The SMILES string of the molecule is C[Si](C)(C)c1ccc2c(c1)oc1c(-c3ccc(C4CC4)cn3)[c-]ccc12.[2H]C([2H])([2H])c1ccc(-c2[c-]cccc2)nc1.[Ir]. The summed E-state index contributed by atoms with van der Waals surface area (Å²) in [7, 11) is -1.37. The fraction of sp³-hybridized carbons (Fsp3) is 0.200. The number of fused-ring (bicyclic) bond motifs is 3. The van der Waals surface area contributed by atoms with E-state index < -0.39 is 14.9 Å². The van der Waals surface area contributed by atoms with Crippen molar-refractivity contribution in [2.45, 2.75) is 45.3 Å². The van der Waals surface area contributed by atoms with Gasteiger partial charge >= 0.3 is 0 Å². The number of rotatable bonds is 4. The number of pyridine rings is 2. The van der Waals surface area contributed by atoms with Crippen molar-refractivity contribution in [1.29, 1.82) is 0 Å². The van der Waals surface area contributed by atoms with E-state index in [1.54, 1.807) is 18.2 Å². The van der Waals surface area contributed by atoms with Crippen molar-refractivity contribution in [2.75, 3.05) is 0 Å². The van der Waals surface area contributed by atoms with Crippen LogP contribution in [0.2, 0.25) is 19.6 Å². The molecule has 5 heteroatoms. The smallest absolute Gasteiger partial charge is 0.120 e.